The van der Waals surface area contributed by atoms with Crippen LogP contribution in [0.4, 0.5) is 5.95 Å². The van der Waals surface area contributed by atoms with Crippen LogP contribution < -0.4 is 5.32 Å². The van der Waals surface area contributed by atoms with Crippen LogP contribution in [0.5, 0.6) is 0 Å². The molecule has 0 spiro atoms. The van der Waals surface area contributed by atoms with E-state index in [1.807, 2.05) is 31.0 Å². The third-order valence-corrected chi connectivity index (χ3v) is 4.36. The molecule has 2 aromatic heterocycles. The maximum Gasteiger partial charge on any atom is 0.224 e. The third kappa shape index (κ3) is 3.95. The number of ether oxygens (including phenoxy) is 1. The maximum absolute atomic E-state index is 9.05. The summed E-state index contributed by atoms with van der Waals surface area (Å²) in [6.45, 7) is 7.09. The molecule has 1 saturated heterocycles. The normalized spacial score (nSPS) is 21.0. The van der Waals surface area contributed by atoms with Crippen molar-refractivity contribution in [2.75, 3.05) is 31.6 Å². The summed E-state index contributed by atoms with van der Waals surface area (Å²) in [7, 11) is 1.92. The second-order valence-corrected chi connectivity index (χ2v) is 6.14. The highest BCUT2D eigenvalue weighted by Gasteiger charge is 2.33. The number of anilines is 1. The van der Waals surface area contributed by atoms with Crippen molar-refractivity contribution in [3.05, 3.63) is 35.4 Å². The molecule has 8 heteroatoms. The first kappa shape index (κ1) is 17.3. The van der Waals surface area contributed by atoms with Gasteiger partial charge in [0.15, 0.2) is 0 Å². The van der Waals surface area contributed by atoms with E-state index in [0.717, 1.165) is 24.3 Å². The summed E-state index contributed by atoms with van der Waals surface area (Å²) in [5, 5.41) is 16.6. The van der Waals surface area contributed by atoms with Crippen molar-refractivity contribution < 1.29 is 4.74 Å². The van der Waals surface area contributed by atoms with Crippen molar-refractivity contribution in [2.45, 2.75) is 26.0 Å². The third-order valence-electron chi connectivity index (χ3n) is 4.36. The molecule has 0 aromatic carbocycles. The van der Waals surface area contributed by atoms with Crippen LogP contribution in [-0.2, 0) is 11.8 Å². The van der Waals surface area contributed by atoms with Crippen LogP contribution in [0, 0.1) is 18.3 Å². The number of nitrogens with zero attached hydrogens (tertiary/aromatic N) is 6. The van der Waals surface area contributed by atoms with Gasteiger partial charge in [0.25, 0.3) is 0 Å². The Hall–Kier alpha value is -2.50. The van der Waals surface area contributed by atoms with E-state index in [0.29, 0.717) is 24.8 Å². The number of morpholine rings is 1. The minimum absolute atomic E-state index is 0.0486. The number of nitriles is 1. The molecule has 25 heavy (non-hydrogen) atoms. The Bertz CT molecular complexity index is 767. The summed E-state index contributed by atoms with van der Waals surface area (Å²) in [6, 6.07) is 3.85. The van der Waals surface area contributed by atoms with Gasteiger partial charge >= 0.3 is 0 Å². The van der Waals surface area contributed by atoms with Crippen LogP contribution in [0.25, 0.3) is 0 Å². The highest BCUT2D eigenvalue weighted by Crippen LogP contribution is 2.29. The molecule has 1 fully saturated rings. The van der Waals surface area contributed by atoms with E-state index in [4.69, 9.17) is 10.00 Å². The second-order valence-electron chi connectivity index (χ2n) is 6.14. The molecule has 132 valence electrons. The molecule has 8 nitrogen and oxygen atoms in total. The topological polar surface area (TPSA) is 91.9 Å². The number of rotatable bonds is 5. The lowest BCUT2D eigenvalue weighted by atomic mass is 10.0. The smallest absolute Gasteiger partial charge is 0.224 e. The molecule has 3 heterocycles. The molecule has 0 bridgehead atoms. The van der Waals surface area contributed by atoms with Gasteiger partial charge in [-0.15, -0.1) is 0 Å². The van der Waals surface area contributed by atoms with Gasteiger partial charge < -0.3 is 10.1 Å². The molecular formula is C17H23N7O. The van der Waals surface area contributed by atoms with Gasteiger partial charge in [0, 0.05) is 37.6 Å². The van der Waals surface area contributed by atoms with Crippen LogP contribution in [0.1, 0.15) is 29.9 Å². The molecule has 0 saturated carbocycles. The molecule has 0 aliphatic carbocycles. The number of likely N-dealkylation sites (N-methyl/N-ethyl adjacent to an activating group) is 1. The minimum Gasteiger partial charge on any atom is -0.373 e. The summed E-state index contributed by atoms with van der Waals surface area (Å²) >= 11 is 0. The quantitative estimate of drug-likeness (QED) is 0.875. The molecule has 0 unspecified atom stereocenters. The van der Waals surface area contributed by atoms with Gasteiger partial charge in [0.1, 0.15) is 11.8 Å². The standard InChI is InChI=1S/C17H23N7O/c1-4-24-5-6-25-15(16(24)13-9-20-23(3)11-13)10-19-17-21-12(2)7-14(8-18)22-17/h7,9,11,15-16H,4-6,10H2,1-3H3,(H,19,21,22)/t15-,16-/m0/s1. The Morgan fingerprint density at radius 1 is 1.44 bits per heavy atom. The van der Waals surface area contributed by atoms with Gasteiger partial charge in [0.05, 0.1) is 24.9 Å². The Morgan fingerprint density at radius 2 is 2.28 bits per heavy atom. The minimum atomic E-state index is -0.0486. The fraction of sp³-hybridized carbons (Fsp3) is 0.529. The zero-order valence-electron chi connectivity index (χ0n) is 14.8. The first-order valence-corrected chi connectivity index (χ1v) is 8.44. The predicted octanol–water partition coefficient (Wildman–Crippen LogP) is 1.26. The average Bonchev–Trinajstić information content (AvgIpc) is 3.05. The molecule has 1 N–H and O–H groups in total. The fourth-order valence-corrected chi connectivity index (χ4v) is 3.23. The Kier molecular flexibility index (Phi) is 5.26. The lowest BCUT2D eigenvalue weighted by Crippen LogP contribution is -2.47. The average molecular weight is 341 g/mol. The van der Waals surface area contributed by atoms with Gasteiger partial charge in [-0.25, -0.2) is 9.97 Å². The molecular weight excluding hydrogens is 318 g/mol. The van der Waals surface area contributed by atoms with Gasteiger partial charge in [0.2, 0.25) is 5.95 Å². The van der Waals surface area contributed by atoms with E-state index >= 15 is 0 Å². The van der Waals surface area contributed by atoms with Crippen molar-refractivity contribution in [1.29, 1.82) is 5.26 Å². The summed E-state index contributed by atoms with van der Waals surface area (Å²) in [4.78, 5) is 11.0. The molecule has 1 aliphatic heterocycles. The second kappa shape index (κ2) is 7.59. The summed E-state index contributed by atoms with van der Waals surface area (Å²) in [6.07, 6.45) is 3.88. The van der Waals surface area contributed by atoms with E-state index < -0.39 is 0 Å². The van der Waals surface area contributed by atoms with Crippen molar-refractivity contribution in [2.24, 2.45) is 7.05 Å². The van der Waals surface area contributed by atoms with Crippen molar-refractivity contribution in [3.63, 3.8) is 0 Å². The first-order chi connectivity index (χ1) is 12.1. The fourth-order valence-electron chi connectivity index (χ4n) is 3.23. The van der Waals surface area contributed by atoms with Crippen molar-refractivity contribution >= 4 is 5.95 Å². The van der Waals surface area contributed by atoms with Crippen LogP contribution in [0.15, 0.2) is 18.5 Å². The van der Waals surface area contributed by atoms with E-state index in [9.17, 15) is 0 Å². The van der Waals surface area contributed by atoms with Crippen LogP contribution >= 0.6 is 0 Å². The molecule has 0 amide bonds. The number of hydrogen-bond acceptors (Lipinski definition) is 7. The summed E-state index contributed by atoms with van der Waals surface area (Å²) < 4.78 is 7.84. The van der Waals surface area contributed by atoms with Crippen LogP contribution in [-0.4, -0.2) is 57.0 Å². The van der Waals surface area contributed by atoms with Crippen LogP contribution in [0.2, 0.25) is 0 Å². The Balaban J connectivity index is 1.77. The van der Waals surface area contributed by atoms with Gasteiger partial charge in [-0.2, -0.15) is 10.4 Å². The SMILES string of the molecule is CCN1CCO[C@@H](CNc2nc(C)cc(C#N)n2)[C@@H]1c1cnn(C)c1. The van der Waals surface area contributed by atoms with Gasteiger partial charge in [-0.3, -0.25) is 9.58 Å². The highest BCUT2D eigenvalue weighted by molar-refractivity contribution is 5.33. The molecule has 1 aliphatic rings. The Labute approximate surface area is 147 Å². The van der Waals surface area contributed by atoms with Gasteiger partial charge in [-0.05, 0) is 19.5 Å². The van der Waals surface area contributed by atoms with Gasteiger partial charge in [-0.1, -0.05) is 6.92 Å². The molecule has 3 rings (SSSR count). The van der Waals surface area contributed by atoms with E-state index in [1.165, 1.54) is 0 Å². The van der Waals surface area contributed by atoms with E-state index in [1.54, 1.807) is 6.07 Å². The Morgan fingerprint density at radius 3 is 2.96 bits per heavy atom. The lowest BCUT2D eigenvalue weighted by molar-refractivity contribution is -0.0640. The van der Waals surface area contributed by atoms with E-state index in [2.05, 4.69) is 38.3 Å². The number of aryl methyl sites for hydroxylation is 2. The van der Waals surface area contributed by atoms with Crippen LogP contribution in [0.3, 0.4) is 0 Å². The maximum atomic E-state index is 9.05. The molecule has 0 radical (unpaired) electrons. The lowest BCUT2D eigenvalue weighted by Gasteiger charge is -2.40. The number of hydrogen-bond donors (Lipinski definition) is 1. The predicted molar refractivity (Wildman–Crippen MR) is 92.9 cm³/mol. The summed E-state index contributed by atoms with van der Waals surface area (Å²) in [5.41, 5.74) is 2.26. The largest absolute Gasteiger partial charge is 0.373 e. The monoisotopic (exact) mass is 341 g/mol. The van der Waals surface area contributed by atoms with Crippen molar-refractivity contribution in [3.8, 4) is 6.07 Å². The van der Waals surface area contributed by atoms with E-state index in [-0.39, 0.29) is 12.1 Å². The highest BCUT2D eigenvalue weighted by atomic mass is 16.5. The van der Waals surface area contributed by atoms with Crippen molar-refractivity contribution in [1.82, 2.24) is 24.6 Å². The molecule has 2 atom stereocenters. The number of nitrogens with one attached hydrogen (secondary N) is 1. The summed E-state index contributed by atoms with van der Waals surface area (Å²) in [5.74, 6) is 0.457. The molecule has 2 aromatic rings. The number of aromatic nitrogens is 4. The first-order valence-electron chi connectivity index (χ1n) is 8.44. The zero-order valence-corrected chi connectivity index (χ0v) is 14.8. The zero-order chi connectivity index (χ0) is 17.8.